The van der Waals surface area contributed by atoms with Gasteiger partial charge in [0.1, 0.15) is 5.75 Å². The lowest BCUT2D eigenvalue weighted by Gasteiger charge is -2.08. The van der Waals surface area contributed by atoms with E-state index in [0.717, 1.165) is 5.56 Å². The van der Waals surface area contributed by atoms with Crippen LogP contribution >= 0.6 is 0 Å². The normalized spacial score (nSPS) is 11.4. The third-order valence-electron chi connectivity index (χ3n) is 2.79. The predicted molar refractivity (Wildman–Crippen MR) is 74.6 cm³/mol. The second kappa shape index (κ2) is 4.93. The summed E-state index contributed by atoms with van der Waals surface area (Å²) in [6, 6.07) is 11.0. The Labute approximate surface area is 112 Å². The summed E-state index contributed by atoms with van der Waals surface area (Å²) in [7, 11) is -3.48. The van der Waals surface area contributed by atoms with Crippen molar-refractivity contribution in [1.29, 1.82) is 0 Å². The highest BCUT2D eigenvalue weighted by Gasteiger charge is 2.18. The van der Waals surface area contributed by atoms with E-state index in [-0.39, 0.29) is 22.1 Å². The average Bonchev–Trinajstić information content (AvgIpc) is 2.31. The molecule has 100 valence electrons. The first kappa shape index (κ1) is 13.4. The first-order valence-electron chi connectivity index (χ1n) is 5.75. The zero-order chi connectivity index (χ0) is 14.0. The molecule has 2 aromatic carbocycles. The maximum Gasteiger partial charge on any atom is 0.184 e. The van der Waals surface area contributed by atoms with Gasteiger partial charge >= 0.3 is 0 Å². The maximum absolute atomic E-state index is 12.3. The van der Waals surface area contributed by atoms with Crippen LogP contribution in [0.2, 0.25) is 0 Å². The molecule has 0 amide bonds. The van der Waals surface area contributed by atoms with Crippen LogP contribution in [0.15, 0.2) is 47.4 Å². The minimum Gasteiger partial charge on any atom is -0.508 e. The third-order valence-corrected chi connectivity index (χ3v) is 4.55. The van der Waals surface area contributed by atoms with Crippen molar-refractivity contribution in [3.8, 4) is 5.75 Å². The quantitative estimate of drug-likeness (QED) is 0.843. The van der Waals surface area contributed by atoms with Crippen molar-refractivity contribution >= 4 is 15.5 Å². The van der Waals surface area contributed by atoms with Crippen LogP contribution in [0.4, 0.5) is 5.69 Å². The SMILES string of the molecule is Cc1ccc(S(=O)(=O)Cc2ccc(O)cc2)c(N)c1. The zero-order valence-electron chi connectivity index (χ0n) is 10.5. The fourth-order valence-corrected chi connectivity index (χ4v) is 3.32. The molecule has 2 rings (SSSR count). The van der Waals surface area contributed by atoms with E-state index in [2.05, 4.69) is 0 Å². The van der Waals surface area contributed by atoms with Gasteiger partial charge in [-0.3, -0.25) is 0 Å². The number of aromatic hydroxyl groups is 1. The fraction of sp³-hybridized carbons (Fsp3) is 0.143. The second-order valence-corrected chi connectivity index (χ2v) is 6.42. The minimum atomic E-state index is -3.48. The number of phenols is 1. The molecule has 0 unspecified atom stereocenters. The summed E-state index contributed by atoms with van der Waals surface area (Å²) < 4.78 is 24.6. The van der Waals surface area contributed by atoms with Crippen molar-refractivity contribution in [2.45, 2.75) is 17.6 Å². The van der Waals surface area contributed by atoms with Gasteiger partial charge in [0.2, 0.25) is 0 Å². The summed E-state index contributed by atoms with van der Waals surface area (Å²) in [5.41, 5.74) is 7.56. The summed E-state index contributed by atoms with van der Waals surface area (Å²) in [5, 5.41) is 9.18. The van der Waals surface area contributed by atoms with E-state index < -0.39 is 9.84 Å². The average molecular weight is 277 g/mol. The Balaban J connectivity index is 2.35. The Morgan fingerprint density at radius 1 is 1.11 bits per heavy atom. The molecule has 0 saturated carbocycles. The Hall–Kier alpha value is -2.01. The van der Waals surface area contributed by atoms with Gasteiger partial charge in [0.15, 0.2) is 9.84 Å². The van der Waals surface area contributed by atoms with E-state index in [9.17, 15) is 13.5 Å². The van der Waals surface area contributed by atoms with Crippen LogP contribution in [0.1, 0.15) is 11.1 Å². The van der Waals surface area contributed by atoms with Gasteiger partial charge in [-0.25, -0.2) is 8.42 Å². The summed E-state index contributed by atoms with van der Waals surface area (Å²) in [4.78, 5) is 0.145. The number of hydrogen-bond donors (Lipinski definition) is 2. The molecule has 3 N–H and O–H groups in total. The number of nitrogen functional groups attached to an aromatic ring is 1. The van der Waals surface area contributed by atoms with Crippen LogP contribution in [0.25, 0.3) is 0 Å². The second-order valence-electron chi connectivity index (χ2n) is 4.47. The van der Waals surface area contributed by atoms with Crippen molar-refractivity contribution in [3.63, 3.8) is 0 Å². The Bertz CT molecular complexity index is 691. The van der Waals surface area contributed by atoms with E-state index in [4.69, 9.17) is 5.73 Å². The number of rotatable bonds is 3. The molecule has 0 heterocycles. The molecule has 5 heteroatoms. The third kappa shape index (κ3) is 3.06. The number of sulfone groups is 1. The van der Waals surface area contributed by atoms with Gasteiger partial charge in [0, 0.05) is 0 Å². The monoisotopic (exact) mass is 277 g/mol. The molecule has 19 heavy (non-hydrogen) atoms. The lowest BCUT2D eigenvalue weighted by Crippen LogP contribution is -2.08. The molecule has 0 radical (unpaired) electrons. The molecular weight excluding hydrogens is 262 g/mol. The van der Waals surface area contributed by atoms with Gasteiger partial charge in [0.05, 0.1) is 16.3 Å². The van der Waals surface area contributed by atoms with Crippen molar-refractivity contribution in [2.75, 3.05) is 5.73 Å². The highest BCUT2D eigenvalue weighted by atomic mass is 32.2. The Morgan fingerprint density at radius 3 is 2.32 bits per heavy atom. The predicted octanol–water partition coefficient (Wildman–Crippen LogP) is 2.26. The molecule has 0 atom stereocenters. The zero-order valence-corrected chi connectivity index (χ0v) is 11.3. The molecule has 0 aliphatic rings. The first-order chi connectivity index (χ1) is 8.88. The summed E-state index contributed by atoms with van der Waals surface area (Å²) in [6.07, 6.45) is 0. The molecule has 0 aromatic heterocycles. The summed E-state index contributed by atoms with van der Waals surface area (Å²) in [5.74, 6) is -0.0309. The van der Waals surface area contributed by atoms with Crippen LogP contribution in [0.3, 0.4) is 0 Å². The highest BCUT2D eigenvalue weighted by molar-refractivity contribution is 7.90. The summed E-state index contributed by atoms with van der Waals surface area (Å²) in [6.45, 7) is 1.85. The molecule has 0 aliphatic carbocycles. The van der Waals surface area contributed by atoms with Crippen molar-refractivity contribution in [1.82, 2.24) is 0 Å². The molecule has 0 aliphatic heterocycles. The largest absolute Gasteiger partial charge is 0.508 e. The first-order valence-corrected chi connectivity index (χ1v) is 7.40. The van der Waals surface area contributed by atoms with E-state index in [0.29, 0.717) is 5.56 Å². The standard InChI is InChI=1S/C14H15NO3S/c1-10-2-7-14(13(15)8-10)19(17,18)9-11-3-5-12(16)6-4-11/h2-8,16H,9,15H2,1H3. The molecule has 4 nitrogen and oxygen atoms in total. The van der Waals surface area contributed by atoms with E-state index in [1.807, 2.05) is 6.92 Å². The number of benzene rings is 2. The number of anilines is 1. The smallest absolute Gasteiger partial charge is 0.184 e. The number of phenolic OH excluding ortho intramolecular Hbond substituents is 1. The van der Waals surface area contributed by atoms with E-state index >= 15 is 0 Å². The van der Waals surface area contributed by atoms with Crippen LogP contribution in [0.5, 0.6) is 5.75 Å². The van der Waals surface area contributed by atoms with Gasteiger partial charge in [-0.1, -0.05) is 18.2 Å². The minimum absolute atomic E-state index is 0.107. The number of aryl methyl sites for hydroxylation is 1. The molecule has 0 bridgehead atoms. The summed E-state index contributed by atoms with van der Waals surface area (Å²) >= 11 is 0. The van der Waals surface area contributed by atoms with Gasteiger partial charge in [-0.15, -0.1) is 0 Å². The molecule has 0 spiro atoms. The topological polar surface area (TPSA) is 80.4 Å². The van der Waals surface area contributed by atoms with E-state index in [1.165, 1.54) is 18.2 Å². The van der Waals surface area contributed by atoms with Crippen molar-refractivity contribution < 1.29 is 13.5 Å². The fourth-order valence-electron chi connectivity index (χ4n) is 1.84. The molecule has 0 fully saturated rings. The lowest BCUT2D eigenvalue weighted by atomic mass is 10.2. The maximum atomic E-state index is 12.3. The Kier molecular flexibility index (Phi) is 3.48. The Morgan fingerprint density at radius 2 is 1.74 bits per heavy atom. The van der Waals surface area contributed by atoms with Gasteiger partial charge < -0.3 is 10.8 Å². The van der Waals surface area contributed by atoms with Gasteiger partial charge in [0.25, 0.3) is 0 Å². The van der Waals surface area contributed by atoms with E-state index in [1.54, 1.807) is 24.3 Å². The van der Waals surface area contributed by atoms with Crippen molar-refractivity contribution in [3.05, 3.63) is 53.6 Å². The number of nitrogens with two attached hydrogens (primary N) is 1. The molecule has 2 aromatic rings. The van der Waals surface area contributed by atoms with Crippen LogP contribution in [0, 0.1) is 6.92 Å². The van der Waals surface area contributed by atoms with Crippen LogP contribution in [-0.2, 0) is 15.6 Å². The van der Waals surface area contributed by atoms with Crippen LogP contribution in [-0.4, -0.2) is 13.5 Å². The highest BCUT2D eigenvalue weighted by Crippen LogP contribution is 2.24. The lowest BCUT2D eigenvalue weighted by molar-refractivity contribution is 0.475. The molecular formula is C14H15NO3S. The van der Waals surface area contributed by atoms with Gasteiger partial charge in [-0.05, 0) is 42.3 Å². The van der Waals surface area contributed by atoms with Crippen molar-refractivity contribution in [2.24, 2.45) is 0 Å². The molecule has 0 saturated heterocycles. The van der Waals surface area contributed by atoms with Crippen LogP contribution < -0.4 is 5.73 Å². The van der Waals surface area contributed by atoms with Gasteiger partial charge in [-0.2, -0.15) is 0 Å². The number of hydrogen-bond acceptors (Lipinski definition) is 4.